The van der Waals surface area contributed by atoms with E-state index >= 15 is 0 Å². The van der Waals surface area contributed by atoms with Crippen molar-refractivity contribution in [2.45, 2.75) is 44.4 Å². The molecular weight excluding hydrogens is 373 g/mol. The van der Waals surface area contributed by atoms with Gasteiger partial charge < -0.3 is 14.6 Å². The van der Waals surface area contributed by atoms with Crippen LogP contribution >= 0.6 is 0 Å². The first kappa shape index (κ1) is 20.0. The molecule has 28 heavy (non-hydrogen) atoms. The van der Waals surface area contributed by atoms with E-state index in [1.807, 2.05) is 0 Å². The van der Waals surface area contributed by atoms with Crippen LogP contribution in [0.3, 0.4) is 0 Å². The summed E-state index contributed by atoms with van der Waals surface area (Å²) < 4.78 is 44.6. The highest BCUT2D eigenvalue weighted by molar-refractivity contribution is 5.91. The van der Waals surface area contributed by atoms with E-state index in [1.54, 1.807) is 12.1 Å². The predicted octanol–water partition coefficient (Wildman–Crippen LogP) is 4.00. The zero-order chi connectivity index (χ0) is 20.1. The Morgan fingerprint density at radius 1 is 1.14 bits per heavy atom. The van der Waals surface area contributed by atoms with Crippen molar-refractivity contribution in [2.24, 2.45) is 0 Å². The standard InChI is InChI=1S/C20H21F3N2O3/c21-20(22,23)16-6-2-1-5-14(16)13-25(15-9-10-15)18(26)8-3-11-24-19(27)17-7-4-12-28-17/h1-2,4-7,12,15H,3,8-11,13H2,(H,24,27). The average molecular weight is 394 g/mol. The van der Waals surface area contributed by atoms with Crippen LogP contribution in [0, 0.1) is 0 Å². The van der Waals surface area contributed by atoms with Gasteiger partial charge in [-0.25, -0.2) is 0 Å². The summed E-state index contributed by atoms with van der Waals surface area (Å²) in [6.07, 6.45) is -0.904. The van der Waals surface area contributed by atoms with Gasteiger partial charge in [-0.05, 0) is 43.0 Å². The van der Waals surface area contributed by atoms with Crippen molar-refractivity contribution >= 4 is 11.8 Å². The van der Waals surface area contributed by atoms with Gasteiger partial charge in [0.05, 0.1) is 11.8 Å². The van der Waals surface area contributed by atoms with Crippen molar-refractivity contribution in [2.75, 3.05) is 6.54 Å². The smallest absolute Gasteiger partial charge is 0.416 e. The predicted molar refractivity (Wildman–Crippen MR) is 95.3 cm³/mol. The molecule has 1 heterocycles. The first-order valence-electron chi connectivity index (χ1n) is 9.12. The van der Waals surface area contributed by atoms with E-state index in [0.29, 0.717) is 6.42 Å². The van der Waals surface area contributed by atoms with E-state index in [4.69, 9.17) is 4.42 Å². The molecule has 0 bridgehead atoms. The molecule has 0 atom stereocenters. The highest BCUT2D eigenvalue weighted by Gasteiger charge is 2.36. The molecule has 2 amide bonds. The minimum Gasteiger partial charge on any atom is -0.459 e. The lowest BCUT2D eigenvalue weighted by atomic mass is 10.1. The fourth-order valence-corrected chi connectivity index (χ4v) is 3.01. The maximum Gasteiger partial charge on any atom is 0.416 e. The molecular formula is C20H21F3N2O3. The van der Waals surface area contributed by atoms with E-state index in [0.717, 1.165) is 18.9 Å². The van der Waals surface area contributed by atoms with Gasteiger partial charge in [0.15, 0.2) is 5.76 Å². The second kappa shape index (κ2) is 8.50. The molecule has 3 rings (SSSR count). The van der Waals surface area contributed by atoms with Crippen LogP contribution in [-0.4, -0.2) is 29.3 Å². The number of nitrogens with zero attached hydrogens (tertiary/aromatic N) is 1. The molecule has 5 nitrogen and oxygen atoms in total. The van der Waals surface area contributed by atoms with Gasteiger partial charge in [0.2, 0.25) is 5.91 Å². The molecule has 1 aliphatic rings. The van der Waals surface area contributed by atoms with Gasteiger partial charge in [-0.3, -0.25) is 9.59 Å². The Morgan fingerprint density at radius 3 is 2.54 bits per heavy atom. The SMILES string of the molecule is O=C(NCCCC(=O)N(Cc1ccccc1C(F)(F)F)C1CC1)c1ccco1. The maximum absolute atomic E-state index is 13.2. The van der Waals surface area contributed by atoms with Crippen LogP contribution in [-0.2, 0) is 17.5 Å². The second-order valence-electron chi connectivity index (χ2n) is 6.74. The molecule has 0 radical (unpaired) electrons. The summed E-state index contributed by atoms with van der Waals surface area (Å²) >= 11 is 0. The number of rotatable bonds is 8. The van der Waals surface area contributed by atoms with Gasteiger partial charge in [-0.15, -0.1) is 0 Å². The van der Waals surface area contributed by atoms with Crippen molar-refractivity contribution in [3.63, 3.8) is 0 Å². The molecule has 0 aliphatic heterocycles. The number of alkyl halides is 3. The Labute approximate surface area is 160 Å². The van der Waals surface area contributed by atoms with Crippen LogP contribution in [0.4, 0.5) is 13.2 Å². The molecule has 2 aromatic rings. The van der Waals surface area contributed by atoms with E-state index in [9.17, 15) is 22.8 Å². The zero-order valence-corrected chi connectivity index (χ0v) is 15.2. The largest absolute Gasteiger partial charge is 0.459 e. The molecule has 0 spiro atoms. The van der Waals surface area contributed by atoms with Crippen LogP contribution in [0.15, 0.2) is 47.1 Å². The minimum atomic E-state index is -4.45. The third-order valence-electron chi connectivity index (χ3n) is 4.57. The fourth-order valence-electron chi connectivity index (χ4n) is 3.01. The van der Waals surface area contributed by atoms with Crippen molar-refractivity contribution < 1.29 is 27.2 Å². The molecule has 0 unspecified atom stereocenters. The number of nitrogens with one attached hydrogen (secondary N) is 1. The van der Waals surface area contributed by atoms with Crippen LogP contribution in [0.2, 0.25) is 0 Å². The summed E-state index contributed by atoms with van der Waals surface area (Å²) in [5.41, 5.74) is -0.611. The second-order valence-corrected chi connectivity index (χ2v) is 6.74. The van der Waals surface area contributed by atoms with Gasteiger partial charge in [0, 0.05) is 25.6 Å². The lowest BCUT2D eigenvalue weighted by Crippen LogP contribution is -2.34. The summed E-state index contributed by atoms with van der Waals surface area (Å²) in [7, 11) is 0. The third-order valence-corrected chi connectivity index (χ3v) is 4.57. The molecule has 1 N–H and O–H groups in total. The Balaban J connectivity index is 1.55. The molecule has 8 heteroatoms. The van der Waals surface area contributed by atoms with Crippen molar-refractivity contribution in [3.05, 3.63) is 59.5 Å². The number of hydrogen-bond acceptors (Lipinski definition) is 3. The summed E-state index contributed by atoms with van der Waals surface area (Å²) in [5, 5.41) is 2.65. The number of benzene rings is 1. The third kappa shape index (κ3) is 5.15. The molecule has 1 aliphatic carbocycles. The number of carbonyl (C=O) groups excluding carboxylic acids is 2. The number of halogens is 3. The van der Waals surface area contributed by atoms with E-state index in [-0.39, 0.29) is 48.7 Å². The van der Waals surface area contributed by atoms with Gasteiger partial charge in [0.1, 0.15) is 0 Å². The van der Waals surface area contributed by atoms with Gasteiger partial charge in [-0.2, -0.15) is 13.2 Å². The highest BCUT2D eigenvalue weighted by Crippen LogP contribution is 2.35. The minimum absolute atomic E-state index is 0.00787. The topological polar surface area (TPSA) is 62.6 Å². The van der Waals surface area contributed by atoms with E-state index in [2.05, 4.69) is 5.32 Å². The van der Waals surface area contributed by atoms with Gasteiger partial charge >= 0.3 is 6.18 Å². The summed E-state index contributed by atoms with van der Waals surface area (Å²) in [5.74, 6) is -0.378. The number of hydrogen-bond donors (Lipinski definition) is 1. The maximum atomic E-state index is 13.2. The fraction of sp³-hybridized carbons (Fsp3) is 0.400. The van der Waals surface area contributed by atoms with Crippen molar-refractivity contribution in [3.8, 4) is 0 Å². The normalized spacial score (nSPS) is 14.0. The molecule has 1 aromatic carbocycles. The number of furan rings is 1. The van der Waals surface area contributed by atoms with Gasteiger partial charge in [-0.1, -0.05) is 18.2 Å². The summed E-state index contributed by atoms with van der Waals surface area (Å²) in [4.78, 5) is 25.9. The monoisotopic (exact) mass is 394 g/mol. The molecule has 1 fully saturated rings. The van der Waals surface area contributed by atoms with Crippen LogP contribution in [0.5, 0.6) is 0 Å². The van der Waals surface area contributed by atoms with Crippen LogP contribution in [0.25, 0.3) is 0 Å². The molecule has 150 valence electrons. The van der Waals surface area contributed by atoms with E-state index < -0.39 is 11.7 Å². The highest BCUT2D eigenvalue weighted by atomic mass is 19.4. The van der Waals surface area contributed by atoms with Gasteiger partial charge in [0.25, 0.3) is 5.91 Å². The zero-order valence-electron chi connectivity index (χ0n) is 15.2. The van der Waals surface area contributed by atoms with Crippen molar-refractivity contribution in [1.82, 2.24) is 10.2 Å². The molecule has 0 saturated heterocycles. The van der Waals surface area contributed by atoms with Crippen LogP contribution in [0.1, 0.15) is 47.4 Å². The first-order chi connectivity index (χ1) is 13.4. The number of amides is 2. The first-order valence-corrected chi connectivity index (χ1v) is 9.12. The molecule has 1 saturated carbocycles. The average Bonchev–Trinajstić information content (AvgIpc) is 3.34. The number of carbonyl (C=O) groups is 2. The van der Waals surface area contributed by atoms with Crippen molar-refractivity contribution in [1.29, 1.82) is 0 Å². The van der Waals surface area contributed by atoms with E-state index in [1.165, 1.54) is 29.4 Å². The Bertz CT molecular complexity index is 814. The lowest BCUT2D eigenvalue weighted by molar-refractivity contribution is -0.140. The Hall–Kier alpha value is -2.77. The molecule has 1 aromatic heterocycles. The summed E-state index contributed by atoms with van der Waals surface area (Å²) in [6.45, 7) is 0.223. The Kier molecular flexibility index (Phi) is 6.06. The van der Waals surface area contributed by atoms with Crippen LogP contribution < -0.4 is 5.32 Å². The Morgan fingerprint density at radius 2 is 1.89 bits per heavy atom. The lowest BCUT2D eigenvalue weighted by Gasteiger charge is -2.24. The summed E-state index contributed by atoms with van der Waals surface area (Å²) in [6, 6.07) is 8.47. The quantitative estimate of drug-likeness (QED) is 0.689.